The van der Waals surface area contributed by atoms with Gasteiger partial charge in [0.1, 0.15) is 11.6 Å². The van der Waals surface area contributed by atoms with Crippen molar-refractivity contribution in [2.24, 2.45) is 0 Å². The van der Waals surface area contributed by atoms with E-state index >= 15 is 0 Å². The minimum atomic E-state index is -0.168. The van der Waals surface area contributed by atoms with Crippen molar-refractivity contribution >= 4 is 0 Å². The Morgan fingerprint density at radius 3 is 2.79 bits per heavy atom. The SMILES string of the molecule is CCc1nccn1-c1cc(C)c(F)cc1C(C)NC. The van der Waals surface area contributed by atoms with E-state index in [1.54, 1.807) is 19.2 Å². The molecule has 1 heterocycles. The molecule has 3 nitrogen and oxygen atoms in total. The highest BCUT2D eigenvalue weighted by molar-refractivity contribution is 5.47. The summed E-state index contributed by atoms with van der Waals surface area (Å²) in [7, 11) is 1.88. The monoisotopic (exact) mass is 261 g/mol. The Bertz CT molecular complexity index is 575. The second-order valence-corrected chi connectivity index (χ2v) is 4.74. The fourth-order valence-electron chi connectivity index (χ4n) is 2.21. The third kappa shape index (κ3) is 2.54. The molecule has 1 unspecified atom stereocenters. The van der Waals surface area contributed by atoms with E-state index in [-0.39, 0.29) is 11.9 Å². The Morgan fingerprint density at radius 1 is 1.42 bits per heavy atom. The lowest BCUT2D eigenvalue weighted by Crippen LogP contribution is -2.16. The van der Waals surface area contributed by atoms with Crippen molar-refractivity contribution in [3.8, 4) is 5.69 Å². The van der Waals surface area contributed by atoms with E-state index in [1.165, 1.54) is 0 Å². The van der Waals surface area contributed by atoms with Gasteiger partial charge in [-0.25, -0.2) is 9.37 Å². The standard InChI is InChI=1S/C15H20FN3/c1-5-15-18-6-7-19(15)14-8-10(2)13(16)9-12(14)11(3)17-4/h6-9,11,17H,5H2,1-4H3. The van der Waals surface area contributed by atoms with Crippen LogP contribution >= 0.6 is 0 Å². The molecule has 19 heavy (non-hydrogen) atoms. The van der Waals surface area contributed by atoms with Crippen LogP contribution in [-0.4, -0.2) is 16.6 Å². The summed E-state index contributed by atoms with van der Waals surface area (Å²) in [6.45, 7) is 5.88. The highest BCUT2D eigenvalue weighted by Gasteiger charge is 2.15. The number of hydrogen-bond donors (Lipinski definition) is 1. The molecule has 1 aromatic carbocycles. The van der Waals surface area contributed by atoms with Gasteiger partial charge >= 0.3 is 0 Å². The van der Waals surface area contributed by atoms with Crippen LogP contribution in [0, 0.1) is 12.7 Å². The van der Waals surface area contributed by atoms with E-state index < -0.39 is 0 Å². The molecule has 0 saturated carbocycles. The molecule has 0 saturated heterocycles. The van der Waals surface area contributed by atoms with Gasteiger partial charge in [-0.3, -0.25) is 0 Å². The average Bonchev–Trinajstić information content (AvgIpc) is 2.88. The summed E-state index contributed by atoms with van der Waals surface area (Å²) in [4.78, 5) is 4.34. The lowest BCUT2D eigenvalue weighted by atomic mass is 10.0. The normalized spacial score (nSPS) is 12.7. The van der Waals surface area contributed by atoms with E-state index in [2.05, 4.69) is 17.2 Å². The molecule has 0 amide bonds. The number of rotatable bonds is 4. The number of hydrogen-bond acceptors (Lipinski definition) is 2. The number of halogens is 1. The van der Waals surface area contributed by atoms with Crippen molar-refractivity contribution in [1.82, 2.24) is 14.9 Å². The van der Waals surface area contributed by atoms with Crippen LogP contribution < -0.4 is 5.32 Å². The van der Waals surface area contributed by atoms with Gasteiger partial charge in [-0.2, -0.15) is 0 Å². The molecule has 0 fully saturated rings. The molecule has 2 rings (SSSR count). The third-order valence-corrected chi connectivity index (χ3v) is 3.50. The van der Waals surface area contributed by atoms with Gasteiger partial charge in [-0.1, -0.05) is 6.92 Å². The maximum atomic E-state index is 13.8. The van der Waals surface area contributed by atoms with Crippen LogP contribution in [0.5, 0.6) is 0 Å². The molecule has 2 aromatic rings. The number of aryl methyl sites for hydroxylation is 2. The van der Waals surface area contributed by atoms with Crippen LogP contribution in [0.4, 0.5) is 4.39 Å². The van der Waals surface area contributed by atoms with Crippen LogP contribution in [0.3, 0.4) is 0 Å². The van der Waals surface area contributed by atoms with Gasteiger partial charge in [-0.05, 0) is 44.2 Å². The zero-order valence-electron chi connectivity index (χ0n) is 11.9. The summed E-state index contributed by atoms with van der Waals surface area (Å²) in [6.07, 6.45) is 4.56. The Kier molecular flexibility index (Phi) is 4.00. The first-order valence-corrected chi connectivity index (χ1v) is 6.58. The summed E-state index contributed by atoms with van der Waals surface area (Å²) in [5.41, 5.74) is 2.59. The van der Waals surface area contributed by atoms with Crippen LogP contribution in [0.1, 0.15) is 36.8 Å². The van der Waals surface area contributed by atoms with E-state index in [1.807, 2.05) is 30.8 Å². The van der Waals surface area contributed by atoms with Crippen molar-refractivity contribution in [3.05, 3.63) is 47.3 Å². The highest BCUT2D eigenvalue weighted by Crippen LogP contribution is 2.26. The first-order chi connectivity index (χ1) is 9.08. The van der Waals surface area contributed by atoms with Crippen molar-refractivity contribution in [3.63, 3.8) is 0 Å². The fraction of sp³-hybridized carbons (Fsp3) is 0.400. The van der Waals surface area contributed by atoms with Gasteiger partial charge in [0, 0.05) is 24.9 Å². The minimum Gasteiger partial charge on any atom is -0.313 e. The van der Waals surface area contributed by atoms with Gasteiger partial charge in [0.25, 0.3) is 0 Å². The van der Waals surface area contributed by atoms with Crippen LogP contribution in [0.15, 0.2) is 24.5 Å². The van der Waals surface area contributed by atoms with E-state index in [0.717, 1.165) is 23.5 Å². The van der Waals surface area contributed by atoms with Gasteiger partial charge in [0.15, 0.2) is 0 Å². The van der Waals surface area contributed by atoms with Crippen molar-refractivity contribution in [1.29, 1.82) is 0 Å². The van der Waals surface area contributed by atoms with Crippen LogP contribution in [0.25, 0.3) is 5.69 Å². The van der Waals surface area contributed by atoms with E-state index in [4.69, 9.17) is 0 Å². The predicted octanol–water partition coefficient (Wildman–Crippen LogP) is 3.16. The van der Waals surface area contributed by atoms with Crippen molar-refractivity contribution in [2.75, 3.05) is 7.05 Å². The van der Waals surface area contributed by atoms with Crippen molar-refractivity contribution < 1.29 is 4.39 Å². The van der Waals surface area contributed by atoms with Crippen molar-refractivity contribution in [2.45, 2.75) is 33.2 Å². The number of imidazole rings is 1. The van der Waals surface area contributed by atoms with Gasteiger partial charge < -0.3 is 9.88 Å². The lowest BCUT2D eigenvalue weighted by molar-refractivity contribution is 0.598. The summed E-state index contributed by atoms with van der Waals surface area (Å²) >= 11 is 0. The van der Waals surface area contributed by atoms with Gasteiger partial charge in [0.2, 0.25) is 0 Å². The Hall–Kier alpha value is -1.68. The third-order valence-electron chi connectivity index (χ3n) is 3.50. The largest absolute Gasteiger partial charge is 0.313 e. The Labute approximate surface area is 113 Å². The first kappa shape index (κ1) is 13.7. The Morgan fingerprint density at radius 2 is 2.16 bits per heavy atom. The highest BCUT2D eigenvalue weighted by atomic mass is 19.1. The van der Waals surface area contributed by atoms with Gasteiger partial charge in [-0.15, -0.1) is 0 Å². The summed E-state index contributed by atoms with van der Waals surface area (Å²) in [5, 5.41) is 3.17. The van der Waals surface area contributed by atoms with E-state index in [0.29, 0.717) is 5.56 Å². The zero-order valence-corrected chi connectivity index (χ0v) is 11.9. The second-order valence-electron chi connectivity index (χ2n) is 4.74. The van der Waals surface area contributed by atoms with E-state index in [9.17, 15) is 4.39 Å². The summed E-state index contributed by atoms with van der Waals surface area (Å²) in [5.74, 6) is 0.814. The van der Waals surface area contributed by atoms with Crippen LogP contribution in [0.2, 0.25) is 0 Å². The predicted molar refractivity (Wildman–Crippen MR) is 75.1 cm³/mol. The smallest absolute Gasteiger partial charge is 0.126 e. The second kappa shape index (κ2) is 5.53. The molecule has 0 aliphatic carbocycles. The zero-order chi connectivity index (χ0) is 14.0. The van der Waals surface area contributed by atoms with Gasteiger partial charge in [0.05, 0.1) is 5.69 Å². The molecule has 1 aromatic heterocycles. The molecule has 0 aliphatic rings. The summed E-state index contributed by atoms with van der Waals surface area (Å²) < 4.78 is 15.9. The molecule has 4 heteroatoms. The minimum absolute atomic E-state index is 0.0807. The Balaban J connectivity index is 2.64. The molecule has 0 spiro atoms. The summed E-state index contributed by atoms with van der Waals surface area (Å²) in [6, 6.07) is 3.59. The fourth-order valence-corrected chi connectivity index (χ4v) is 2.21. The molecule has 1 N–H and O–H groups in total. The molecule has 0 bridgehead atoms. The number of nitrogens with one attached hydrogen (secondary N) is 1. The molecule has 1 atom stereocenters. The quantitative estimate of drug-likeness (QED) is 0.916. The number of aromatic nitrogens is 2. The molecular weight excluding hydrogens is 241 g/mol. The molecule has 102 valence electrons. The molecule has 0 radical (unpaired) electrons. The average molecular weight is 261 g/mol. The maximum absolute atomic E-state index is 13.8. The topological polar surface area (TPSA) is 29.9 Å². The maximum Gasteiger partial charge on any atom is 0.126 e. The molecular formula is C15H20FN3. The number of benzene rings is 1. The first-order valence-electron chi connectivity index (χ1n) is 6.58. The number of nitrogens with zero attached hydrogens (tertiary/aromatic N) is 2. The molecule has 0 aliphatic heterocycles. The van der Waals surface area contributed by atoms with Crippen LogP contribution in [-0.2, 0) is 6.42 Å². The lowest BCUT2D eigenvalue weighted by Gasteiger charge is -2.19.